The van der Waals surface area contributed by atoms with Crippen LogP contribution in [-0.2, 0) is 20.7 Å². The summed E-state index contributed by atoms with van der Waals surface area (Å²) in [6, 6.07) is 12.8. The topological polar surface area (TPSA) is 73.9 Å². The van der Waals surface area contributed by atoms with Gasteiger partial charge in [-0.15, -0.1) is 0 Å². The number of carbonyl (C=O) groups excluding carboxylic acids is 2. The van der Waals surface area contributed by atoms with E-state index >= 15 is 0 Å². The molecule has 7 heteroatoms. The second-order valence-corrected chi connectivity index (χ2v) is 6.53. The molecule has 0 unspecified atom stereocenters. The van der Waals surface area contributed by atoms with Crippen molar-refractivity contribution in [2.45, 2.75) is 13.3 Å². The smallest absolute Gasteiger partial charge is 0.344 e. The molecule has 0 aromatic heterocycles. The summed E-state index contributed by atoms with van der Waals surface area (Å²) >= 11 is 5.92. The quantitative estimate of drug-likeness (QED) is 0.597. The number of hydrogen-bond acceptors (Lipinski definition) is 5. The highest BCUT2D eigenvalue weighted by Crippen LogP contribution is 2.28. The van der Waals surface area contributed by atoms with Crippen molar-refractivity contribution in [1.82, 2.24) is 5.32 Å². The average molecular weight is 418 g/mol. The van der Waals surface area contributed by atoms with E-state index in [0.29, 0.717) is 29.5 Å². The zero-order valence-corrected chi connectivity index (χ0v) is 17.2. The van der Waals surface area contributed by atoms with Gasteiger partial charge in [-0.25, -0.2) is 4.79 Å². The highest BCUT2D eigenvalue weighted by atomic mass is 35.5. The zero-order chi connectivity index (χ0) is 21.1. The molecule has 2 aromatic rings. The van der Waals surface area contributed by atoms with E-state index < -0.39 is 5.97 Å². The lowest BCUT2D eigenvalue weighted by Crippen LogP contribution is -2.31. The van der Waals surface area contributed by atoms with Crippen LogP contribution in [0.5, 0.6) is 11.5 Å². The first-order chi connectivity index (χ1) is 14.0. The van der Waals surface area contributed by atoms with Crippen LogP contribution in [0, 0.1) is 0 Å². The summed E-state index contributed by atoms with van der Waals surface area (Å²) in [5.41, 5.74) is 1.96. The monoisotopic (exact) mass is 417 g/mol. The van der Waals surface area contributed by atoms with E-state index in [-0.39, 0.29) is 19.1 Å². The molecule has 29 heavy (non-hydrogen) atoms. The lowest BCUT2D eigenvalue weighted by molar-refractivity contribution is -0.150. The summed E-state index contributed by atoms with van der Waals surface area (Å²) < 4.78 is 15.6. The van der Waals surface area contributed by atoms with Crippen LogP contribution in [-0.4, -0.2) is 38.7 Å². The molecule has 0 atom stereocenters. The number of allylic oxidation sites excluding steroid dienone is 1. The fourth-order valence-electron chi connectivity index (χ4n) is 2.51. The molecule has 0 spiro atoms. The van der Waals surface area contributed by atoms with Gasteiger partial charge < -0.3 is 19.5 Å². The summed E-state index contributed by atoms with van der Waals surface area (Å²) in [5, 5.41) is 3.34. The molecule has 0 heterocycles. The normalized spacial score (nSPS) is 10.6. The number of rotatable bonds is 10. The fraction of sp³-hybridized carbons (Fsp3) is 0.273. The third kappa shape index (κ3) is 7.87. The first kappa shape index (κ1) is 22.3. The Bertz CT molecular complexity index is 866. The van der Waals surface area contributed by atoms with Crippen LogP contribution in [0.2, 0.25) is 5.02 Å². The summed E-state index contributed by atoms with van der Waals surface area (Å²) in [5.74, 6) is -0.0981. The Kier molecular flexibility index (Phi) is 9.05. The van der Waals surface area contributed by atoms with Crippen molar-refractivity contribution in [1.29, 1.82) is 0 Å². The van der Waals surface area contributed by atoms with Crippen molar-refractivity contribution in [2.75, 3.05) is 26.9 Å². The molecule has 154 valence electrons. The molecular weight excluding hydrogens is 394 g/mol. The number of carbonyl (C=O) groups is 2. The average Bonchev–Trinajstić information content (AvgIpc) is 2.71. The van der Waals surface area contributed by atoms with Gasteiger partial charge in [-0.2, -0.15) is 0 Å². The maximum atomic E-state index is 11.8. The standard InChI is InChI=1S/C22H24ClNO5/c1-3-5-16-8-9-19(20(13-16)27-2)28-15-22(26)29-14-21(25)24-11-10-17-6-4-7-18(23)12-17/h3-9,12-13H,10-11,14-15H2,1-2H3,(H,24,25)/b5-3+. The van der Waals surface area contributed by atoms with Gasteiger partial charge in [0.25, 0.3) is 5.91 Å². The molecule has 1 N–H and O–H groups in total. The van der Waals surface area contributed by atoms with E-state index in [4.69, 9.17) is 25.8 Å². The molecule has 0 aliphatic rings. The van der Waals surface area contributed by atoms with Crippen molar-refractivity contribution < 1.29 is 23.8 Å². The second kappa shape index (κ2) is 11.8. The molecule has 0 aliphatic heterocycles. The van der Waals surface area contributed by atoms with E-state index in [1.54, 1.807) is 18.2 Å². The lowest BCUT2D eigenvalue weighted by atomic mass is 10.1. The molecule has 0 fully saturated rings. The SMILES string of the molecule is C/C=C/c1ccc(OCC(=O)OCC(=O)NCCc2cccc(Cl)c2)c(OC)c1. The van der Waals surface area contributed by atoms with Gasteiger partial charge in [-0.05, 0) is 48.7 Å². The van der Waals surface area contributed by atoms with Crippen LogP contribution in [0.15, 0.2) is 48.5 Å². The van der Waals surface area contributed by atoms with Crippen LogP contribution in [0.4, 0.5) is 0 Å². The minimum Gasteiger partial charge on any atom is -0.493 e. The van der Waals surface area contributed by atoms with Gasteiger partial charge >= 0.3 is 5.97 Å². The largest absolute Gasteiger partial charge is 0.493 e. The zero-order valence-electron chi connectivity index (χ0n) is 16.4. The number of amides is 1. The molecule has 2 rings (SSSR count). The number of ether oxygens (including phenoxy) is 3. The maximum absolute atomic E-state index is 11.8. The number of nitrogens with one attached hydrogen (secondary N) is 1. The molecule has 2 aromatic carbocycles. The van der Waals surface area contributed by atoms with Gasteiger partial charge in [0.1, 0.15) is 0 Å². The van der Waals surface area contributed by atoms with Gasteiger partial charge in [0.05, 0.1) is 7.11 Å². The Morgan fingerprint density at radius 1 is 1.10 bits per heavy atom. The molecule has 1 amide bonds. The first-order valence-electron chi connectivity index (χ1n) is 9.12. The second-order valence-electron chi connectivity index (χ2n) is 6.09. The molecular formula is C22H24ClNO5. The van der Waals surface area contributed by atoms with Crippen LogP contribution in [0.1, 0.15) is 18.1 Å². The molecule has 0 radical (unpaired) electrons. The van der Waals surface area contributed by atoms with E-state index in [2.05, 4.69) is 5.32 Å². The Morgan fingerprint density at radius 3 is 2.66 bits per heavy atom. The summed E-state index contributed by atoms with van der Waals surface area (Å²) in [4.78, 5) is 23.6. The van der Waals surface area contributed by atoms with Crippen molar-refractivity contribution in [3.63, 3.8) is 0 Å². The predicted molar refractivity (Wildman–Crippen MR) is 112 cm³/mol. The number of benzene rings is 2. The molecule has 0 saturated heterocycles. The number of halogens is 1. The van der Waals surface area contributed by atoms with Crippen molar-refractivity contribution in [3.05, 3.63) is 64.7 Å². The third-order valence-electron chi connectivity index (χ3n) is 3.88. The number of esters is 1. The first-order valence-corrected chi connectivity index (χ1v) is 9.50. The van der Waals surface area contributed by atoms with Gasteiger partial charge in [0, 0.05) is 11.6 Å². The molecule has 6 nitrogen and oxygen atoms in total. The Hall–Kier alpha value is -2.99. The Morgan fingerprint density at radius 2 is 1.93 bits per heavy atom. The van der Waals surface area contributed by atoms with Gasteiger partial charge in [0.2, 0.25) is 0 Å². The van der Waals surface area contributed by atoms with Gasteiger partial charge in [-0.1, -0.05) is 42.0 Å². The minimum absolute atomic E-state index is 0.324. The number of hydrogen-bond donors (Lipinski definition) is 1. The highest BCUT2D eigenvalue weighted by molar-refractivity contribution is 6.30. The minimum atomic E-state index is -0.644. The van der Waals surface area contributed by atoms with Crippen LogP contribution < -0.4 is 14.8 Å². The van der Waals surface area contributed by atoms with Gasteiger partial charge in [0.15, 0.2) is 24.7 Å². The number of methoxy groups -OCH3 is 1. The van der Waals surface area contributed by atoms with E-state index in [9.17, 15) is 9.59 Å². The molecule has 0 saturated carbocycles. The highest BCUT2D eigenvalue weighted by Gasteiger charge is 2.11. The summed E-state index contributed by atoms with van der Waals surface area (Å²) in [6.07, 6.45) is 4.46. The van der Waals surface area contributed by atoms with Crippen LogP contribution >= 0.6 is 11.6 Å². The fourth-order valence-corrected chi connectivity index (χ4v) is 2.73. The molecule has 0 aliphatic carbocycles. The van der Waals surface area contributed by atoms with Crippen molar-refractivity contribution >= 4 is 29.6 Å². The molecule has 0 bridgehead atoms. The van der Waals surface area contributed by atoms with Gasteiger partial charge in [-0.3, -0.25) is 4.79 Å². The Balaban J connectivity index is 1.70. The van der Waals surface area contributed by atoms with Crippen LogP contribution in [0.3, 0.4) is 0 Å². The van der Waals surface area contributed by atoms with E-state index in [1.165, 1.54) is 7.11 Å². The van der Waals surface area contributed by atoms with Crippen molar-refractivity contribution in [2.24, 2.45) is 0 Å². The maximum Gasteiger partial charge on any atom is 0.344 e. The summed E-state index contributed by atoms with van der Waals surface area (Å²) in [7, 11) is 1.52. The van der Waals surface area contributed by atoms with E-state index in [1.807, 2.05) is 43.3 Å². The predicted octanol–water partition coefficient (Wildman–Crippen LogP) is 3.66. The van der Waals surface area contributed by atoms with Crippen LogP contribution in [0.25, 0.3) is 6.08 Å². The lowest BCUT2D eigenvalue weighted by Gasteiger charge is -2.11. The Labute approximate surface area is 175 Å². The summed E-state index contributed by atoms with van der Waals surface area (Å²) in [6.45, 7) is 1.65. The van der Waals surface area contributed by atoms with E-state index in [0.717, 1.165) is 11.1 Å². The third-order valence-corrected chi connectivity index (χ3v) is 4.12. The van der Waals surface area contributed by atoms with Crippen molar-refractivity contribution in [3.8, 4) is 11.5 Å².